The molecule has 158 valence electrons. The van der Waals surface area contributed by atoms with Crippen molar-refractivity contribution in [3.63, 3.8) is 0 Å². The van der Waals surface area contributed by atoms with Gasteiger partial charge in [-0.3, -0.25) is 9.59 Å². The number of hydrogen-bond donors (Lipinski definition) is 1. The number of amides is 2. The highest BCUT2D eigenvalue weighted by molar-refractivity contribution is 6.38. The minimum Gasteiger partial charge on any atom is -0.448 e. The molecule has 0 aliphatic carbocycles. The van der Waals surface area contributed by atoms with E-state index in [9.17, 15) is 31.9 Å². The number of nitrogens with zero attached hydrogens (tertiary/aromatic N) is 2. The first kappa shape index (κ1) is 22.3. The number of halogens is 4. The average molecular weight is 417 g/mol. The molecular weight excluding hydrogens is 398 g/mol. The van der Waals surface area contributed by atoms with Crippen LogP contribution in [0.15, 0.2) is 11.2 Å². The van der Waals surface area contributed by atoms with Gasteiger partial charge in [0.25, 0.3) is 5.91 Å². The van der Waals surface area contributed by atoms with Crippen LogP contribution in [0, 0.1) is 29.2 Å². The van der Waals surface area contributed by atoms with Crippen molar-refractivity contribution in [2.45, 2.75) is 39.7 Å². The second-order valence-electron chi connectivity index (χ2n) is 6.76. The lowest BCUT2D eigenvalue weighted by molar-refractivity contribution is -0.148. The van der Waals surface area contributed by atoms with Crippen molar-refractivity contribution in [2.24, 2.45) is 11.0 Å². The van der Waals surface area contributed by atoms with Gasteiger partial charge in [-0.25, -0.2) is 22.4 Å². The van der Waals surface area contributed by atoms with Gasteiger partial charge < -0.3 is 10.1 Å². The Bertz CT molecular complexity index is 847. The molecule has 1 aliphatic heterocycles. The summed E-state index contributed by atoms with van der Waals surface area (Å²) in [6.45, 7) is 5.40. The summed E-state index contributed by atoms with van der Waals surface area (Å²) < 4.78 is 59.8. The van der Waals surface area contributed by atoms with Crippen LogP contribution in [0.3, 0.4) is 0 Å². The average Bonchev–Trinajstić information content (AvgIpc) is 2.65. The second-order valence-corrected chi connectivity index (χ2v) is 6.76. The summed E-state index contributed by atoms with van der Waals surface area (Å²) in [5.41, 5.74) is -1.81. The highest BCUT2D eigenvalue weighted by Gasteiger charge is 2.33. The molecule has 11 heteroatoms. The van der Waals surface area contributed by atoms with Crippen molar-refractivity contribution >= 4 is 29.2 Å². The maximum atomic E-state index is 14.0. The normalized spacial score (nSPS) is 15.2. The van der Waals surface area contributed by atoms with Gasteiger partial charge in [-0.15, -0.1) is 0 Å². The van der Waals surface area contributed by atoms with E-state index in [0.717, 1.165) is 0 Å². The molecule has 0 saturated carbocycles. The quantitative estimate of drug-likeness (QED) is 0.438. The fraction of sp³-hybridized carbons (Fsp3) is 0.444. The number of benzene rings is 1. The van der Waals surface area contributed by atoms with Gasteiger partial charge in [-0.1, -0.05) is 13.8 Å². The molecule has 0 spiro atoms. The number of hydrazone groups is 1. The summed E-state index contributed by atoms with van der Waals surface area (Å²) >= 11 is 0. The molecule has 0 radical (unpaired) electrons. The second kappa shape index (κ2) is 9.01. The molecule has 29 heavy (non-hydrogen) atoms. The topological polar surface area (TPSA) is 88.1 Å². The van der Waals surface area contributed by atoms with Crippen molar-refractivity contribution in [1.82, 2.24) is 5.32 Å². The molecule has 0 aromatic heterocycles. The predicted molar refractivity (Wildman–Crippen MR) is 93.8 cm³/mol. The minimum atomic E-state index is -1.84. The zero-order valence-electron chi connectivity index (χ0n) is 15.9. The Morgan fingerprint density at radius 1 is 1.14 bits per heavy atom. The summed E-state index contributed by atoms with van der Waals surface area (Å²) in [6.07, 6.45) is -1.86. The van der Waals surface area contributed by atoms with Gasteiger partial charge >= 0.3 is 5.97 Å². The molecule has 7 nitrogen and oxygen atoms in total. The number of carbonyl (C=O) groups excluding carboxylic acids is 3. The Morgan fingerprint density at radius 2 is 1.72 bits per heavy atom. The third kappa shape index (κ3) is 5.09. The lowest BCUT2D eigenvalue weighted by Gasteiger charge is -2.24. The van der Waals surface area contributed by atoms with E-state index < -0.39 is 65.0 Å². The molecule has 0 saturated heterocycles. The lowest BCUT2D eigenvalue weighted by Crippen LogP contribution is -2.41. The van der Waals surface area contributed by atoms with Crippen LogP contribution in [0.1, 0.15) is 33.6 Å². The van der Waals surface area contributed by atoms with Gasteiger partial charge in [0.2, 0.25) is 5.91 Å². The summed E-state index contributed by atoms with van der Waals surface area (Å²) in [5.74, 6) is -9.62. The fourth-order valence-corrected chi connectivity index (χ4v) is 2.35. The van der Waals surface area contributed by atoms with E-state index in [0.29, 0.717) is 6.54 Å². The monoisotopic (exact) mass is 417 g/mol. The summed E-state index contributed by atoms with van der Waals surface area (Å²) in [7, 11) is 0. The number of anilines is 1. The van der Waals surface area contributed by atoms with Gasteiger partial charge in [0.1, 0.15) is 11.4 Å². The van der Waals surface area contributed by atoms with Crippen LogP contribution in [0.4, 0.5) is 23.2 Å². The molecular formula is C18H19F4N3O4. The van der Waals surface area contributed by atoms with Crippen molar-refractivity contribution < 1.29 is 36.7 Å². The molecule has 0 fully saturated rings. The van der Waals surface area contributed by atoms with Gasteiger partial charge in [-0.05, 0) is 12.8 Å². The van der Waals surface area contributed by atoms with Crippen molar-refractivity contribution in [2.75, 3.05) is 11.6 Å². The van der Waals surface area contributed by atoms with Gasteiger partial charge in [-0.2, -0.15) is 10.1 Å². The van der Waals surface area contributed by atoms with Crippen LogP contribution < -0.4 is 10.3 Å². The Kier molecular flexibility index (Phi) is 6.93. The Labute approximate surface area is 163 Å². The number of ether oxygens (including phenoxy) is 1. The molecule has 0 bridgehead atoms. The Hall–Kier alpha value is -2.98. The van der Waals surface area contributed by atoms with Gasteiger partial charge in [0.15, 0.2) is 29.4 Å². The molecule has 1 aliphatic rings. The highest BCUT2D eigenvalue weighted by atomic mass is 19.2. The van der Waals surface area contributed by atoms with E-state index in [1.165, 1.54) is 6.92 Å². The van der Waals surface area contributed by atoms with Crippen LogP contribution in [0.2, 0.25) is 0 Å². The number of esters is 1. The fourth-order valence-electron chi connectivity index (χ4n) is 2.35. The van der Waals surface area contributed by atoms with Crippen LogP contribution in [-0.4, -0.2) is 36.1 Å². The summed E-state index contributed by atoms with van der Waals surface area (Å²) in [6, 6.07) is -0.0150. The van der Waals surface area contributed by atoms with Crippen molar-refractivity contribution in [3.05, 3.63) is 29.3 Å². The smallest absolute Gasteiger partial charge is 0.355 e. The maximum Gasteiger partial charge on any atom is 0.355 e. The van der Waals surface area contributed by atoms with Gasteiger partial charge in [0.05, 0.1) is 0 Å². The third-order valence-electron chi connectivity index (χ3n) is 3.91. The van der Waals surface area contributed by atoms with E-state index >= 15 is 0 Å². The zero-order chi connectivity index (χ0) is 21.9. The molecule has 2 amide bonds. The van der Waals surface area contributed by atoms with E-state index in [2.05, 4.69) is 10.4 Å². The number of rotatable bonds is 6. The Balaban J connectivity index is 2.24. The van der Waals surface area contributed by atoms with E-state index in [1.54, 1.807) is 0 Å². The third-order valence-corrected chi connectivity index (χ3v) is 3.91. The largest absolute Gasteiger partial charge is 0.448 e. The van der Waals surface area contributed by atoms with Crippen LogP contribution in [-0.2, 0) is 19.1 Å². The van der Waals surface area contributed by atoms with E-state index in [1.807, 2.05) is 13.8 Å². The van der Waals surface area contributed by atoms with E-state index in [4.69, 9.17) is 4.74 Å². The van der Waals surface area contributed by atoms with Crippen molar-refractivity contribution in [3.8, 4) is 0 Å². The Morgan fingerprint density at radius 3 is 2.28 bits per heavy atom. The molecule has 1 aromatic rings. The molecule has 1 heterocycles. The SMILES string of the molecule is CC(C)CNC(=O)[C@@H](C)OC(=O)C1=NN(c2c(F)c(F)cc(F)c2F)C(=O)CC1. The number of hydrogen-bond acceptors (Lipinski definition) is 5. The van der Waals surface area contributed by atoms with Crippen LogP contribution in [0.5, 0.6) is 0 Å². The standard InChI is InChI=1S/C18H19F4N3O4/c1-8(2)7-23-17(27)9(3)29-18(28)12-4-5-13(26)25(24-12)16-14(21)10(19)6-11(20)15(16)22/h6,8-9H,4-5,7H2,1-3H3,(H,23,27)/t9-/m1/s1. The maximum absolute atomic E-state index is 14.0. The number of nitrogens with one attached hydrogen (secondary N) is 1. The highest BCUT2D eigenvalue weighted by Crippen LogP contribution is 2.30. The molecule has 0 unspecified atom stereocenters. The minimum absolute atomic E-state index is 0.0150. The lowest BCUT2D eigenvalue weighted by atomic mass is 10.1. The van der Waals surface area contributed by atoms with E-state index in [-0.39, 0.29) is 23.4 Å². The molecule has 1 N–H and O–H groups in total. The number of carbonyl (C=O) groups is 3. The summed E-state index contributed by atoms with van der Waals surface area (Å²) in [4.78, 5) is 36.1. The first-order chi connectivity index (χ1) is 13.5. The zero-order valence-corrected chi connectivity index (χ0v) is 15.9. The van der Waals surface area contributed by atoms with Crippen LogP contribution >= 0.6 is 0 Å². The van der Waals surface area contributed by atoms with Crippen LogP contribution in [0.25, 0.3) is 0 Å². The molecule has 1 aromatic carbocycles. The first-order valence-corrected chi connectivity index (χ1v) is 8.75. The molecule has 1 atom stereocenters. The summed E-state index contributed by atoms with van der Waals surface area (Å²) in [5, 5.41) is 6.14. The first-order valence-electron chi connectivity index (χ1n) is 8.75. The predicted octanol–water partition coefficient (Wildman–Crippen LogP) is 2.43. The molecule has 2 rings (SSSR count). The van der Waals surface area contributed by atoms with Crippen molar-refractivity contribution in [1.29, 1.82) is 0 Å². The van der Waals surface area contributed by atoms with Gasteiger partial charge in [0, 0.05) is 25.5 Å².